The van der Waals surface area contributed by atoms with Crippen molar-refractivity contribution in [2.75, 3.05) is 11.5 Å². The summed E-state index contributed by atoms with van der Waals surface area (Å²) >= 11 is 6.41. The number of aromatic nitrogens is 2. The number of thiocarbonyl (C=S) groups is 1. The van der Waals surface area contributed by atoms with Gasteiger partial charge in [-0.05, 0) is 36.8 Å². The Kier molecular flexibility index (Phi) is 5.55. The standard InChI is InChI=1S/C22H17N3O5S3/c26-20-16(12-17-21(27)25(22(31)32-17)14-9-11-33(28,29)13-14)19(30-15-6-2-1-3-7-15)23-18-8-4-5-10-24(18)20/h1-8,10,12,14H,9,11,13H2/b17-12-/t14-/m1/s1. The fourth-order valence-electron chi connectivity index (χ4n) is 3.79. The third-order valence-corrected chi connectivity index (χ3v) is 8.45. The number of sulfone groups is 1. The van der Waals surface area contributed by atoms with Crippen molar-refractivity contribution < 1.29 is 17.9 Å². The van der Waals surface area contributed by atoms with Crippen LogP contribution in [-0.2, 0) is 14.6 Å². The number of para-hydroxylation sites is 1. The Balaban J connectivity index is 1.58. The van der Waals surface area contributed by atoms with E-state index in [-0.39, 0.29) is 32.2 Å². The molecule has 2 aromatic heterocycles. The molecule has 4 heterocycles. The maximum absolute atomic E-state index is 13.3. The number of amides is 1. The molecule has 168 valence electrons. The van der Waals surface area contributed by atoms with Crippen molar-refractivity contribution in [2.24, 2.45) is 0 Å². The van der Waals surface area contributed by atoms with Gasteiger partial charge in [0.05, 0.1) is 22.5 Å². The van der Waals surface area contributed by atoms with Crippen molar-refractivity contribution >= 4 is 55.8 Å². The van der Waals surface area contributed by atoms with E-state index in [0.717, 1.165) is 11.8 Å². The highest BCUT2D eigenvalue weighted by Gasteiger charge is 2.42. The van der Waals surface area contributed by atoms with Gasteiger partial charge in [-0.2, -0.15) is 4.98 Å². The number of hydrogen-bond acceptors (Lipinski definition) is 8. The van der Waals surface area contributed by atoms with Crippen LogP contribution in [-0.4, -0.2) is 50.5 Å². The van der Waals surface area contributed by atoms with Crippen LogP contribution in [0.5, 0.6) is 11.6 Å². The Hall–Kier alpha value is -3.02. The lowest BCUT2D eigenvalue weighted by Gasteiger charge is -2.20. The highest BCUT2D eigenvalue weighted by Crippen LogP contribution is 2.37. The summed E-state index contributed by atoms with van der Waals surface area (Å²) in [6, 6.07) is 13.5. The van der Waals surface area contributed by atoms with Gasteiger partial charge < -0.3 is 4.74 Å². The number of carbonyl (C=O) groups excluding carboxylic acids is 1. The molecule has 0 bridgehead atoms. The predicted molar refractivity (Wildman–Crippen MR) is 130 cm³/mol. The molecule has 0 unspecified atom stereocenters. The fraction of sp³-hybridized carbons (Fsp3) is 0.182. The molecule has 0 spiro atoms. The van der Waals surface area contributed by atoms with Crippen LogP contribution in [0.3, 0.4) is 0 Å². The minimum absolute atomic E-state index is 0.0266. The summed E-state index contributed by atoms with van der Waals surface area (Å²) in [7, 11) is -3.19. The molecular formula is C22H17N3O5S3. The minimum Gasteiger partial charge on any atom is -0.438 e. The smallest absolute Gasteiger partial charge is 0.269 e. The Morgan fingerprint density at radius 3 is 2.61 bits per heavy atom. The van der Waals surface area contributed by atoms with Crippen LogP contribution in [0.1, 0.15) is 12.0 Å². The Labute approximate surface area is 198 Å². The van der Waals surface area contributed by atoms with Crippen LogP contribution in [0.15, 0.2) is 64.4 Å². The van der Waals surface area contributed by atoms with Crippen LogP contribution >= 0.6 is 24.0 Å². The summed E-state index contributed by atoms with van der Waals surface area (Å²) < 4.78 is 31.3. The summed E-state index contributed by atoms with van der Waals surface area (Å²) in [6.07, 6.45) is 3.35. The van der Waals surface area contributed by atoms with Gasteiger partial charge in [-0.3, -0.25) is 18.9 Å². The van der Waals surface area contributed by atoms with Crippen molar-refractivity contribution in [1.29, 1.82) is 0 Å². The van der Waals surface area contributed by atoms with Gasteiger partial charge in [0.1, 0.15) is 21.3 Å². The third kappa shape index (κ3) is 4.19. The zero-order valence-corrected chi connectivity index (χ0v) is 19.5. The van der Waals surface area contributed by atoms with Crippen LogP contribution < -0.4 is 10.3 Å². The van der Waals surface area contributed by atoms with Crippen molar-refractivity contribution in [2.45, 2.75) is 12.5 Å². The number of pyridine rings is 1. The third-order valence-electron chi connectivity index (χ3n) is 5.36. The van der Waals surface area contributed by atoms with E-state index in [9.17, 15) is 18.0 Å². The SMILES string of the molecule is O=C1/C(=C/c2c(Oc3ccccc3)nc3ccccn3c2=O)SC(=S)N1[C@@H]1CCS(=O)(=O)C1. The minimum atomic E-state index is -3.19. The Morgan fingerprint density at radius 2 is 1.88 bits per heavy atom. The van der Waals surface area contributed by atoms with Gasteiger partial charge in [-0.15, -0.1) is 0 Å². The summed E-state index contributed by atoms with van der Waals surface area (Å²) in [5, 5.41) is 0. The number of carbonyl (C=O) groups is 1. The highest BCUT2D eigenvalue weighted by molar-refractivity contribution is 8.26. The molecule has 0 aliphatic carbocycles. The van der Waals surface area contributed by atoms with Gasteiger partial charge in [0.2, 0.25) is 5.88 Å². The first kappa shape index (κ1) is 21.8. The lowest BCUT2D eigenvalue weighted by atomic mass is 10.2. The van der Waals surface area contributed by atoms with E-state index in [0.29, 0.717) is 17.8 Å². The zero-order valence-electron chi connectivity index (χ0n) is 17.1. The normalized spacial score (nSPS) is 21.3. The molecule has 0 N–H and O–H groups in total. The van der Waals surface area contributed by atoms with Gasteiger partial charge >= 0.3 is 0 Å². The average Bonchev–Trinajstić information content (AvgIpc) is 3.28. The topological polar surface area (TPSA) is 98.0 Å². The van der Waals surface area contributed by atoms with Gasteiger partial charge in [-0.1, -0.05) is 48.2 Å². The van der Waals surface area contributed by atoms with Crippen LogP contribution in [0, 0.1) is 0 Å². The molecule has 2 saturated heterocycles. The van der Waals surface area contributed by atoms with Crippen molar-refractivity contribution in [3.8, 4) is 11.6 Å². The van der Waals surface area contributed by atoms with Crippen LogP contribution in [0.2, 0.25) is 0 Å². The number of ether oxygens (including phenoxy) is 1. The van der Waals surface area contributed by atoms with Crippen molar-refractivity contribution in [3.05, 3.63) is 75.6 Å². The second-order valence-electron chi connectivity index (χ2n) is 7.59. The number of thioether (sulfide) groups is 1. The zero-order chi connectivity index (χ0) is 23.2. The lowest BCUT2D eigenvalue weighted by molar-refractivity contribution is -0.123. The molecule has 2 aliphatic heterocycles. The molecule has 0 saturated carbocycles. The molecule has 0 radical (unpaired) electrons. The first-order valence-corrected chi connectivity index (χ1v) is 13.1. The first-order chi connectivity index (χ1) is 15.8. The summed E-state index contributed by atoms with van der Waals surface area (Å²) in [6.45, 7) is 0. The molecule has 5 rings (SSSR count). The summed E-state index contributed by atoms with van der Waals surface area (Å²) in [5.74, 6) is 0.0399. The van der Waals surface area contributed by atoms with Gasteiger partial charge in [-0.25, -0.2) is 8.42 Å². The molecule has 33 heavy (non-hydrogen) atoms. The van der Waals surface area contributed by atoms with E-state index in [1.54, 1.807) is 48.7 Å². The molecule has 1 atom stereocenters. The molecular weight excluding hydrogens is 482 g/mol. The van der Waals surface area contributed by atoms with Gasteiger partial charge in [0, 0.05) is 6.20 Å². The number of benzene rings is 1. The van der Waals surface area contributed by atoms with Crippen LogP contribution in [0.25, 0.3) is 11.7 Å². The maximum atomic E-state index is 13.3. The first-order valence-electron chi connectivity index (χ1n) is 10.0. The molecule has 3 aromatic rings. The monoisotopic (exact) mass is 499 g/mol. The average molecular weight is 500 g/mol. The molecule has 2 fully saturated rings. The van der Waals surface area contributed by atoms with E-state index in [4.69, 9.17) is 17.0 Å². The Morgan fingerprint density at radius 1 is 1.12 bits per heavy atom. The summed E-state index contributed by atoms with van der Waals surface area (Å²) in [4.78, 5) is 32.5. The van der Waals surface area contributed by atoms with E-state index in [2.05, 4.69) is 4.98 Å². The predicted octanol–water partition coefficient (Wildman–Crippen LogP) is 2.88. The van der Waals surface area contributed by atoms with Crippen LogP contribution in [0.4, 0.5) is 0 Å². The van der Waals surface area contributed by atoms with E-state index >= 15 is 0 Å². The Bertz CT molecular complexity index is 1480. The molecule has 2 aliphatic rings. The van der Waals surface area contributed by atoms with E-state index < -0.39 is 27.3 Å². The number of nitrogens with zero attached hydrogens (tertiary/aromatic N) is 3. The number of fused-ring (bicyclic) bond motifs is 1. The quantitative estimate of drug-likeness (QED) is 0.399. The van der Waals surface area contributed by atoms with Crippen molar-refractivity contribution in [3.63, 3.8) is 0 Å². The van der Waals surface area contributed by atoms with E-state index in [1.165, 1.54) is 15.4 Å². The van der Waals surface area contributed by atoms with Gasteiger partial charge in [0.25, 0.3) is 11.5 Å². The number of rotatable bonds is 4. The molecule has 1 amide bonds. The van der Waals surface area contributed by atoms with E-state index in [1.807, 2.05) is 6.07 Å². The van der Waals surface area contributed by atoms with Crippen molar-refractivity contribution in [1.82, 2.24) is 14.3 Å². The second-order valence-corrected chi connectivity index (χ2v) is 11.5. The fourth-order valence-corrected chi connectivity index (χ4v) is 6.87. The molecule has 11 heteroatoms. The maximum Gasteiger partial charge on any atom is 0.269 e. The second kappa shape index (κ2) is 8.40. The largest absolute Gasteiger partial charge is 0.438 e. The highest BCUT2D eigenvalue weighted by atomic mass is 32.2. The molecule has 8 nitrogen and oxygen atoms in total. The lowest BCUT2D eigenvalue weighted by Crippen LogP contribution is -2.39. The van der Waals surface area contributed by atoms with Gasteiger partial charge in [0.15, 0.2) is 9.84 Å². The number of hydrogen-bond donors (Lipinski definition) is 0. The summed E-state index contributed by atoms with van der Waals surface area (Å²) in [5.41, 5.74) is 0.0941. The molecule has 1 aromatic carbocycles.